The first-order valence-electron chi connectivity index (χ1n) is 7.22. The molecule has 19 heavy (non-hydrogen) atoms. The predicted octanol–water partition coefficient (Wildman–Crippen LogP) is 3.43. The Morgan fingerprint density at radius 2 is 2.11 bits per heavy atom. The van der Waals surface area contributed by atoms with Crippen molar-refractivity contribution in [3.05, 3.63) is 34.3 Å². The zero-order valence-electron chi connectivity index (χ0n) is 12.0. The van der Waals surface area contributed by atoms with E-state index in [1.165, 1.54) is 5.56 Å². The zero-order chi connectivity index (χ0) is 13.9. The van der Waals surface area contributed by atoms with E-state index in [0.29, 0.717) is 6.42 Å². The summed E-state index contributed by atoms with van der Waals surface area (Å²) in [5.41, 5.74) is 1.64. The van der Waals surface area contributed by atoms with Crippen LogP contribution in [0.15, 0.2) is 18.2 Å². The van der Waals surface area contributed by atoms with Gasteiger partial charge in [-0.15, -0.1) is 0 Å². The maximum absolute atomic E-state index is 10.8. The fourth-order valence-electron chi connectivity index (χ4n) is 2.88. The van der Waals surface area contributed by atoms with E-state index in [0.717, 1.165) is 49.5 Å². The molecule has 2 nitrogen and oxygen atoms in total. The van der Waals surface area contributed by atoms with Gasteiger partial charge in [-0.1, -0.05) is 30.7 Å². The zero-order valence-corrected chi connectivity index (χ0v) is 12.7. The number of halogens is 1. The lowest BCUT2D eigenvalue weighted by atomic mass is 9.87. The topological polar surface area (TPSA) is 23.5 Å². The Balaban J connectivity index is 2.08. The van der Waals surface area contributed by atoms with E-state index in [1.54, 1.807) is 0 Å². The molecule has 1 fully saturated rings. The van der Waals surface area contributed by atoms with Gasteiger partial charge in [0.2, 0.25) is 0 Å². The number of likely N-dealkylation sites (tertiary alicyclic amines) is 1. The van der Waals surface area contributed by atoms with E-state index in [2.05, 4.69) is 24.0 Å². The molecule has 1 aromatic carbocycles. The Labute approximate surface area is 121 Å². The second-order valence-corrected chi connectivity index (χ2v) is 6.19. The van der Waals surface area contributed by atoms with E-state index in [4.69, 9.17) is 11.6 Å². The van der Waals surface area contributed by atoms with Crippen LogP contribution in [-0.2, 0) is 6.42 Å². The van der Waals surface area contributed by atoms with Crippen molar-refractivity contribution in [3.63, 3.8) is 0 Å². The van der Waals surface area contributed by atoms with Crippen LogP contribution >= 0.6 is 11.6 Å². The van der Waals surface area contributed by atoms with Crippen LogP contribution < -0.4 is 0 Å². The average molecular weight is 282 g/mol. The lowest BCUT2D eigenvalue weighted by Gasteiger charge is -2.27. The largest absolute Gasteiger partial charge is 0.389 e. The van der Waals surface area contributed by atoms with E-state index in [9.17, 15) is 5.11 Å². The van der Waals surface area contributed by atoms with Crippen molar-refractivity contribution in [2.45, 2.75) is 45.1 Å². The number of aryl methyl sites for hydroxylation is 1. The number of aliphatic hydroxyl groups is 1. The normalized spacial score (nSPS) is 25.3. The van der Waals surface area contributed by atoms with Gasteiger partial charge in [0.15, 0.2) is 0 Å². The van der Waals surface area contributed by atoms with Gasteiger partial charge in [0.1, 0.15) is 0 Å². The summed E-state index contributed by atoms with van der Waals surface area (Å²) in [6.07, 6.45) is 3.44. The summed E-state index contributed by atoms with van der Waals surface area (Å²) in [7, 11) is 0. The molecule has 1 aromatic rings. The fraction of sp³-hybridized carbons (Fsp3) is 0.625. The second-order valence-electron chi connectivity index (χ2n) is 5.78. The van der Waals surface area contributed by atoms with Crippen LogP contribution in [-0.4, -0.2) is 35.2 Å². The number of benzene rings is 1. The highest BCUT2D eigenvalue weighted by Crippen LogP contribution is 2.29. The minimum Gasteiger partial charge on any atom is -0.389 e. The van der Waals surface area contributed by atoms with Crippen LogP contribution in [0.2, 0.25) is 5.02 Å². The average Bonchev–Trinajstić information content (AvgIpc) is 2.55. The fourth-order valence-corrected chi connectivity index (χ4v) is 3.18. The van der Waals surface area contributed by atoms with Crippen LogP contribution in [0.5, 0.6) is 0 Å². The third kappa shape index (κ3) is 3.95. The standard InChI is InChI=1S/C16H24ClNO/c1-3-18-9-4-7-16(19,8-10-18)12-14-6-5-13(2)11-15(14)17/h5-6,11,19H,3-4,7-10,12H2,1-2H3. The Morgan fingerprint density at radius 1 is 1.32 bits per heavy atom. The minimum atomic E-state index is -0.594. The molecule has 0 saturated carbocycles. The van der Waals surface area contributed by atoms with Gasteiger partial charge in [-0.3, -0.25) is 0 Å². The molecule has 3 heteroatoms. The first kappa shape index (κ1) is 14.8. The Morgan fingerprint density at radius 3 is 2.79 bits per heavy atom. The highest BCUT2D eigenvalue weighted by Gasteiger charge is 2.30. The van der Waals surface area contributed by atoms with Gasteiger partial charge in [-0.2, -0.15) is 0 Å². The number of hydrogen-bond acceptors (Lipinski definition) is 2. The highest BCUT2D eigenvalue weighted by molar-refractivity contribution is 6.31. The van der Waals surface area contributed by atoms with Crippen molar-refractivity contribution in [3.8, 4) is 0 Å². The molecule has 0 aromatic heterocycles. The van der Waals surface area contributed by atoms with Crippen molar-refractivity contribution < 1.29 is 5.11 Å². The summed E-state index contributed by atoms with van der Waals surface area (Å²) >= 11 is 6.29. The first-order valence-corrected chi connectivity index (χ1v) is 7.60. The smallest absolute Gasteiger partial charge is 0.0701 e. The monoisotopic (exact) mass is 281 g/mol. The molecule has 1 unspecified atom stereocenters. The molecule has 1 saturated heterocycles. The van der Waals surface area contributed by atoms with Gasteiger partial charge in [-0.05, 0) is 56.5 Å². The minimum absolute atomic E-state index is 0.594. The van der Waals surface area contributed by atoms with Crippen LogP contribution in [0.4, 0.5) is 0 Å². The lowest BCUT2D eigenvalue weighted by molar-refractivity contribution is 0.0258. The van der Waals surface area contributed by atoms with E-state index < -0.39 is 5.60 Å². The molecule has 0 radical (unpaired) electrons. The molecule has 1 heterocycles. The molecule has 1 N–H and O–H groups in total. The summed E-state index contributed by atoms with van der Waals surface area (Å²) in [5.74, 6) is 0. The summed E-state index contributed by atoms with van der Waals surface area (Å²) in [6, 6.07) is 6.10. The van der Waals surface area contributed by atoms with Gasteiger partial charge < -0.3 is 10.0 Å². The van der Waals surface area contributed by atoms with Crippen molar-refractivity contribution in [1.29, 1.82) is 0 Å². The molecule has 0 spiro atoms. The van der Waals surface area contributed by atoms with Gasteiger partial charge in [0.25, 0.3) is 0 Å². The molecule has 1 aliphatic rings. The quantitative estimate of drug-likeness (QED) is 0.918. The van der Waals surface area contributed by atoms with Gasteiger partial charge in [-0.25, -0.2) is 0 Å². The van der Waals surface area contributed by atoms with E-state index in [1.807, 2.05) is 13.0 Å². The Kier molecular flexibility index (Phi) is 4.88. The van der Waals surface area contributed by atoms with Crippen LogP contribution in [0.1, 0.15) is 37.3 Å². The molecular weight excluding hydrogens is 258 g/mol. The number of nitrogens with zero attached hydrogens (tertiary/aromatic N) is 1. The second kappa shape index (κ2) is 6.25. The molecule has 1 atom stereocenters. The van der Waals surface area contributed by atoms with Crippen molar-refractivity contribution >= 4 is 11.6 Å². The Bertz CT molecular complexity index is 435. The summed E-state index contributed by atoms with van der Waals surface area (Å²) in [4.78, 5) is 2.41. The van der Waals surface area contributed by atoms with Gasteiger partial charge >= 0.3 is 0 Å². The molecule has 0 bridgehead atoms. The first-order chi connectivity index (χ1) is 9.02. The molecule has 106 valence electrons. The number of rotatable bonds is 3. The van der Waals surface area contributed by atoms with Gasteiger partial charge in [0, 0.05) is 18.0 Å². The third-order valence-corrected chi connectivity index (χ3v) is 4.54. The van der Waals surface area contributed by atoms with Crippen LogP contribution in [0.3, 0.4) is 0 Å². The van der Waals surface area contributed by atoms with Crippen LogP contribution in [0.25, 0.3) is 0 Å². The number of hydrogen-bond donors (Lipinski definition) is 1. The molecule has 1 aliphatic heterocycles. The van der Waals surface area contributed by atoms with Crippen molar-refractivity contribution in [1.82, 2.24) is 4.90 Å². The van der Waals surface area contributed by atoms with Crippen molar-refractivity contribution in [2.24, 2.45) is 0 Å². The Hall–Kier alpha value is -0.570. The van der Waals surface area contributed by atoms with Crippen LogP contribution in [0, 0.1) is 6.92 Å². The maximum Gasteiger partial charge on any atom is 0.0701 e. The third-order valence-electron chi connectivity index (χ3n) is 4.19. The van der Waals surface area contributed by atoms with E-state index in [-0.39, 0.29) is 0 Å². The maximum atomic E-state index is 10.8. The SMILES string of the molecule is CCN1CCCC(O)(Cc2ccc(C)cc2Cl)CC1. The predicted molar refractivity (Wildman–Crippen MR) is 80.8 cm³/mol. The summed E-state index contributed by atoms with van der Waals surface area (Å²) in [5, 5.41) is 11.6. The van der Waals surface area contributed by atoms with E-state index >= 15 is 0 Å². The lowest BCUT2D eigenvalue weighted by Crippen LogP contribution is -2.33. The van der Waals surface area contributed by atoms with Gasteiger partial charge in [0.05, 0.1) is 5.60 Å². The van der Waals surface area contributed by atoms with Crippen molar-refractivity contribution in [2.75, 3.05) is 19.6 Å². The summed E-state index contributed by atoms with van der Waals surface area (Å²) < 4.78 is 0. The molecule has 2 rings (SSSR count). The summed E-state index contributed by atoms with van der Waals surface area (Å²) in [6.45, 7) is 7.37. The molecular formula is C16H24ClNO. The molecule has 0 aliphatic carbocycles. The molecule has 0 amide bonds. The highest BCUT2D eigenvalue weighted by atomic mass is 35.5.